The van der Waals surface area contributed by atoms with E-state index >= 15 is 0 Å². The van der Waals surface area contributed by atoms with Gasteiger partial charge in [0, 0.05) is 18.2 Å². The molecule has 1 aliphatic heterocycles. The lowest BCUT2D eigenvalue weighted by molar-refractivity contribution is 0.0745. The number of rotatable bonds is 5. The zero-order valence-electron chi connectivity index (χ0n) is 11.8. The van der Waals surface area contributed by atoms with Gasteiger partial charge in [0.25, 0.3) is 0 Å². The van der Waals surface area contributed by atoms with Crippen molar-refractivity contribution in [2.24, 2.45) is 0 Å². The summed E-state index contributed by atoms with van der Waals surface area (Å²) in [7, 11) is 3.60. The first-order valence-electron chi connectivity index (χ1n) is 6.61. The molecule has 1 heterocycles. The highest BCUT2D eigenvalue weighted by molar-refractivity contribution is 5.97. The highest BCUT2D eigenvalue weighted by atomic mass is 16.5. The fourth-order valence-electron chi connectivity index (χ4n) is 2.51. The third-order valence-corrected chi connectivity index (χ3v) is 3.71. The van der Waals surface area contributed by atoms with Crippen LogP contribution in [-0.2, 0) is 4.74 Å². The van der Waals surface area contributed by atoms with E-state index in [1.165, 1.54) is 0 Å². The van der Waals surface area contributed by atoms with Crippen LogP contribution in [0.25, 0.3) is 0 Å². The second-order valence-electron chi connectivity index (χ2n) is 5.00. The highest BCUT2D eigenvalue weighted by Crippen LogP contribution is 2.19. The van der Waals surface area contributed by atoms with Crippen LogP contribution in [0.1, 0.15) is 23.7 Å². The molecule has 0 aromatic heterocycles. The third-order valence-electron chi connectivity index (χ3n) is 3.71. The molecule has 4 heteroatoms. The van der Waals surface area contributed by atoms with Crippen LogP contribution in [0, 0.1) is 0 Å². The molecule has 1 aromatic rings. The van der Waals surface area contributed by atoms with E-state index in [9.17, 15) is 4.79 Å². The lowest BCUT2D eigenvalue weighted by Crippen LogP contribution is -2.39. The van der Waals surface area contributed by atoms with Gasteiger partial charge in [-0.15, -0.1) is 0 Å². The summed E-state index contributed by atoms with van der Waals surface area (Å²) < 4.78 is 10.6. The molecular formula is C15H21NO3. The number of likely N-dealkylation sites (N-methyl/N-ethyl adjacent to an activating group) is 1. The molecule has 1 aliphatic rings. The van der Waals surface area contributed by atoms with Gasteiger partial charge in [-0.3, -0.25) is 9.69 Å². The highest BCUT2D eigenvalue weighted by Gasteiger charge is 2.28. The Kier molecular flexibility index (Phi) is 4.56. The summed E-state index contributed by atoms with van der Waals surface area (Å²) in [6.07, 6.45) is 1.20. The Labute approximate surface area is 114 Å². The number of nitrogens with zero attached hydrogens (tertiary/aromatic N) is 1. The van der Waals surface area contributed by atoms with Crippen molar-refractivity contribution >= 4 is 5.78 Å². The Hall–Kier alpha value is -1.39. The molecule has 2 rings (SSSR count). The van der Waals surface area contributed by atoms with E-state index in [-0.39, 0.29) is 11.9 Å². The van der Waals surface area contributed by atoms with Gasteiger partial charge in [0.15, 0.2) is 5.78 Å². The Morgan fingerprint density at radius 2 is 2.11 bits per heavy atom. The van der Waals surface area contributed by atoms with E-state index in [0.29, 0.717) is 12.6 Å². The molecule has 1 saturated heterocycles. The molecule has 1 fully saturated rings. The molecule has 104 valence electrons. The van der Waals surface area contributed by atoms with Crippen LogP contribution in [0.4, 0.5) is 0 Å². The smallest absolute Gasteiger partial charge is 0.176 e. The Morgan fingerprint density at radius 1 is 1.42 bits per heavy atom. The zero-order chi connectivity index (χ0) is 13.8. The molecule has 1 aromatic carbocycles. The minimum Gasteiger partial charge on any atom is -0.497 e. The van der Waals surface area contributed by atoms with Gasteiger partial charge in [-0.2, -0.15) is 0 Å². The largest absolute Gasteiger partial charge is 0.497 e. The van der Waals surface area contributed by atoms with E-state index in [1.54, 1.807) is 7.11 Å². The van der Waals surface area contributed by atoms with Crippen molar-refractivity contribution in [3.05, 3.63) is 29.8 Å². The van der Waals surface area contributed by atoms with Crippen molar-refractivity contribution in [1.82, 2.24) is 4.90 Å². The molecule has 0 spiro atoms. The second kappa shape index (κ2) is 6.17. The first-order valence-corrected chi connectivity index (χ1v) is 6.61. The van der Waals surface area contributed by atoms with Crippen LogP contribution in [0.2, 0.25) is 0 Å². The van der Waals surface area contributed by atoms with Gasteiger partial charge in [0.2, 0.25) is 0 Å². The lowest BCUT2D eigenvalue weighted by Gasteiger charge is -2.25. The van der Waals surface area contributed by atoms with E-state index < -0.39 is 0 Å². The van der Waals surface area contributed by atoms with Gasteiger partial charge in [0.1, 0.15) is 5.75 Å². The van der Waals surface area contributed by atoms with Crippen LogP contribution < -0.4 is 4.74 Å². The quantitative estimate of drug-likeness (QED) is 0.762. The van der Waals surface area contributed by atoms with Crippen molar-refractivity contribution in [1.29, 1.82) is 0 Å². The monoisotopic (exact) mass is 263 g/mol. The molecule has 0 bridgehead atoms. The van der Waals surface area contributed by atoms with Crippen LogP contribution in [0.3, 0.4) is 0 Å². The molecule has 19 heavy (non-hydrogen) atoms. The lowest BCUT2D eigenvalue weighted by atomic mass is 10.1. The average Bonchev–Trinajstić information content (AvgIpc) is 2.85. The molecule has 2 unspecified atom stereocenters. The van der Waals surface area contributed by atoms with Crippen LogP contribution in [0.15, 0.2) is 24.3 Å². The van der Waals surface area contributed by atoms with Gasteiger partial charge >= 0.3 is 0 Å². The van der Waals surface area contributed by atoms with Gasteiger partial charge in [-0.1, -0.05) is 0 Å². The molecule has 0 saturated carbocycles. The standard InChI is InChI=1S/C15H21NO3/c1-11-14(8-9-19-11)16(2)10-15(17)12-4-6-13(18-3)7-5-12/h4-7,11,14H,8-10H2,1-3H3. The maximum atomic E-state index is 12.2. The second-order valence-corrected chi connectivity index (χ2v) is 5.00. The summed E-state index contributed by atoms with van der Waals surface area (Å²) in [5.74, 6) is 0.895. The number of methoxy groups -OCH3 is 1. The molecule has 0 N–H and O–H groups in total. The summed E-state index contributed by atoms with van der Waals surface area (Å²) in [4.78, 5) is 14.3. The number of hydrogen-bond donors (Lipinski definition) is 0. The molecule has 0 radical (unpaired) electrons. The topological polar surface area (TPSA) is 38.8 Å². The summed E-state index contributed by atoms with van der Waals surface area (Å²) in [6, 6.07) is 7.58. The van der Waals surface area contributed by atoms with Crippen molar-refractivity contribution in [3.8, 4) is 5.75 Å². The molecule has 4 nitrogen and oxygen atoms in total. The summed E-state index contributed by atoms with van der Waals surface area (Å²) in [5, 5.41) is 0. The van der Waals surface area contributed by atoms with Crippen molar-refractivity contribution < 1.29 is 14.3 Å². The molecule has 0 amide bonds. The minimum absolute atomic E-state index is 0.129. The first kappa shape index (κ1) is 14.0. The number of carbonyl (C=O) groups excluding carboxylic acids is 1. The normalized spacial score (nSPS) is 22.7. The third kappa shape index (κ3) is 3.33. The Balaban J connectivity index is 1.96. The van der Waals surface area contributed by atoms with E-state index in [1.807, 2.05) is 31.3 Å². The minimum atomic E-state index is 0.129. The fraction of sp³-hybridized carbons (Fsp3) is 0.533. The number of carbonyl (C=O) groups is 1. The Morgan fingerprint density at radius 3 is 2.63 bits per heavy atom. The number of ether oxygens (including phenoxy) is 2. The molecular weight excluding hydrogens is 242 g/mol. The van der Waals surface area contributed by atoms with Crippen molar-refractivity contribution in [2.75, 3.05) is 27.3 Å². The number of benzene rings is 1. The first-order chi connectivity index (χ1) is 9.11. The zero-order valence-corrected chi connectivity index (χ0v) is 11.8. The Bertz CT molecular complexity index is 430. The summed E-state index contributed by atoms with van der Waals surface area (Å²) in [6.45, 7) is 3.27. The maximum Gasteiger partial charge on any atom is 0.176 e. The van der Waals surface area contributed by atoms with E-state index in [4.69, 9.17) is 9.47 Å². The van der Waals surface area contributed by atoms with Gasteiger partial charge in [-0.25, -0.2) is 0 Å². The average molecular weight is 263 g/mol. The van der Waals surface area contributed by atoms with Crippen molar-refractivity contribution in [2.45, 2.75) is 25.5 Å². The molecule has 0 aliphatic carbocycles. The van der Waals surface area contributed by atoms with Gasteiger partial charge in [-0.05, 0) is 44.7 Å². The summed E-state index contributed by atoms with van der Waals surface area (Å²) in [5.41, 5.74) is 0.721. The van der Waals surface area contributed by atoms with E-state index in [0.717, 1.165) is 24.3 Å². The number of ketones is 1. The fourth-order valence-corrected chi connectivity index (χ4v) is 2.51. The van der Waals surface area contributed by atoms with Gasteiger partial charge in [0.05, 0.1) is 19.8 Å². The summed E-state index contributed by atoms with van der Waals surface area (Å²) >= 11 is 0. The number of hydrogen-bond acceptors (Lipinski definition) is 4. The van der Waals surface area contributed by atoms with Crippen LogP contribution >= 0.6 is 0 Å². The predicted molar refractivity (Wildman–Crippen MR) is 73.8 cm³/mol. The van der Waals surface area contributed by atoms with Crippen LogP contribution in [0.5, 0.6) is 5.75 Å². The SMILES string of the molecule is COc1ccc(C(=O)CN(C)C2CCOC2C)cc1. The maximum absolute atomic E-state index is 12.2. The number of Topliss-reactive ketones (excluding diaryl/α,β-unsaturated/α-hetero) is 1. The van der Waals surface area contributed by atoms with Crippen LogP contribution in [-0.4, -0.2) is 50.1 Å². The van der Waals surface area contributed by atoms with E-state index in [2.05, 4.69) is 11.8 Å². The predicted octanol–water partition coefficient (Wildman–Crippen LogP) is 1.99. The van der Waals surface area contributed by atoms with Crippen molar-refractivity contribution in [3.63, 3.8) is 0 Å². The molecule has 2 atom stereocenters. The van der Waals surface area contributed by atoms with Gasteiger partial charge < -0.3 is 9.47 Å².